The van der Waals surface area contributed by atoms with E-state index in [4.69, 9.17) is 9.73 Å². The fraction of sp³-hybridized carbons (Fsp3) is 0.500. The monoisotopic (exact) mass is 391 g/mol. The van der Waals surface area contributed by atoms with Gasteiger partial charge in [-0.3, -0.25) is 9.67 Å². The van der Waals surface area contributed by atoms with Gasteiger partial charge in [0.25, 0.3) is 0 Å². The van der Waals surface area contributed by atoms with Gasteiger partial charge >= 0.3 is 0 Å². The highest BCUT2D eigenvalue weighted by Crippen LogP contribution is 2.22. The summed E-state index contributed by atoms with van der Waals surface area (Å²) in [5.41, 5.74) is 1.77. The van der Waals surface area contributed by atoms with Crippen molar-refractivity contribution in [2.45, 2.75) is 25.9 Å². The SMILES string of the molecule is CCNC(=NCC(C)c1ccc(F)c(F)c1)N1CCOC(c2cnn(C)c2)C1. The largest absolute Gasteiger partial charge is 0.370 e. The molecule has 152 valence electrons. The quantitative estimate of drug-likeness (QED) is 0.629. The number of guanidine groups is 1. The summed E-state index contributed by atoms with van der Waals surface area (Å²) in [5, 5.41) is 7.54. The van der Waals surface area contributed by atoms with Gasteiger partial charge in [0.15, 0.2) is 17.6 Å². The minimum absolute atomic E-state index is 0.0288. The third-order valence-corrected chi connectivity index (χ3v) is 4.83. The van der Waals surface area contributed by atoms with E-state index in [0.717, 1.165) is 36.2 Å². The number of hydrogen-bond donors (Lipinski definition) is 1. The van der Waals surface area contributed by atoms with E-state index in [0.29, 0.717) is 19.7 Å². The van der Waals surface area contributed by atoms with Crippen LogP contribution < -0.4 is 5.32 Å². The molecule has 0 amide bonds. The van der Waals surface area contributed by atoms with Gasteiger partial charge in [0, 0.05) is 44.4 Å². The van der Waals surface area contributed by atoms with Crippen molar-refractivity contribution in [2.75, 3.05) is 32.8 Å². The second kappa shape index (κ2) is 9.14. The van der Waals surface area contributed by atoms with Crippen molar-refractivity contribution in [1.29, 1.82) is 0 Å². The van der Waals surface area contributed by atoms with Crippen LogP contribution in [0.15, 0.2) is 35.6 Å². The lowest BCUT2D eigenvalue weighted by atomic mass is 10.0. The van der Waals surface area contributed by atoms with Gasteiger partial charge in [-0.05, 0) is 24.6 Å². The Morgan fingerprint density at radius 2 is 2.21 bits per heavy atom. The Morgan fingerprint density at radius 1 is 1.39 bits per heavy atom. The van der Waals surface area contributed by atoms with Gasteiger partial charge in [-0.25, -0.2) is 8.78 Å². The fourth-order valence-corrected chi connectivity index (χ4v) is 3.22. The molecule has 0 bridgehead atoms. The van der Waals surface area contributed by atoms with E-state index in [1.165, 1.54) is 6.07 Å². The second-order valence-electron chi connectivity index (χ2n) is 7.02. The van der Waals surface area contributed by atoms with Crippen LogP contribution in [0.25, 0.3) is 0 Å². The summed E-state index contributed by atoms with van der Waals surface area (Å²) in [4.78, 5) is 6.91. The highest BCUT2D eigenvalue weighted by atomic mass is 19.2. The maximum atomic E-state index is 13.5. The van der Waals surface area contributed by atoms with Crippen molar-refractivity contribution >= 4 is 5.96 Å². The zero-order valence-corrected chi connectivity index (χ0v) is 16.5. The number of ether oxygens (including phenoxy) is 1. The van der Waals surface area contributed by atoms with Crippen molar-refractivity contribution in [3.8, 4) is 0 Å². The summed E-state index contributed by atoms with van der Waals surface area (Å²) in [6, 6.07) is 4.02. The van der Waals surface area contributed by atoms with Gasteiger partial charge in [0.1, 0.15) is 6.10 Å². The molecular formula is C20H27F2N5O. The normalized spacial score (nSPS) is 19.0. The minimum Gasteiger partial charge on any atom is -0.370 e. The predicted molar refractivity (Wildman–Crippen MR) is 104 cm³/mol. The lowest BCUT2D eigenvalue weighted by molar-refractivity contribution is -0.00804. The predicted octanol–water partition coefficient (Wildman–Crippen LogP) is 2.84. The number of halogens is 2. The van der Waals surface area contributed by atoms with Crippen molar-refractivity contribution in [2.24, 2.45) is 12.0 Å². The lowest BCUT2D eigenvalue weighted by Crippen LogP contribution is -2.48. The van der Waals surface area contributed by atoms with Crippen LogP contribution in [0.3, 0.4) is 0 Å². The van der Waals surface area contributed by atoms with Gasteiger partial charge in [0.2, 0.25) is 0 Å². The molecule has 0 aliphatic carbocycles. The van der Waals surface area contributed by atoms with Crippen LogP contribution in [0, 0.1) is 11.6 Å². The van der Waals surface area contributed by atoms with Crippen LogP contribution in [-0.4, -0.2) is 53.4 Å². The third kappa shape index (κ3) is 4.86. The Labute approximate surface area is 164 Å². The number of hydrogen-bond acceptors (Lipinski definition) is 3. The third-order valence-electron chi connectivity index (χ3n) is 4.83. The Bertz CT molecular complexity index is 823. The second-order valence-corrected chi connectivity index (χ2v) is 7.02. The fourth-order valence-electron chi connectivity index (χ4n) is 3.22. The Kier molecular flexibility index (Phi) is 6.61. The first-order valence-corrected chi connectivity index (χ1v) is 9.56. The summed E-state index contributed by atoms with van der Waals surface area (Å²) < 4.78 is 34.3. The molecule has 8 heteroatoms. The van der Waals surface area contributed by atoms with Crippen LogP contribution >= 0.6 is 0 Å². The minimum atomic E-state index is -0.831. The Balaban J connectivity index is 1.69. The molecule has 1 aliphatic heterocycles. The molecule has 2 unspecified atom stereocenters. The summed E-state index contributed by atoms with van der Waals surface area (Å²) in [7, 11) is 1.88. The van der Waals surface area contributed by atoms with Gasteiger partial charge in [-0.2, -0.15) is 5.10 Å². The van der Waals surface area contributed by atoms with Gasteiger partial charge in [0.05, 0.1) is 19.3 Å². The molecule has 1 aromatic carbocycles. The smallest absolute Gasteiger partial charge is 0.194 e. The standard InChI is InChI=1S/C20H27F2N5O/c1-4-23-20(24-10-14(2)15-5-6-17(21)18(22)9-15)27-7-8-28-19(13-27)16-11-25-26(3)12-16/h5-6,9,11-12,14,19H,4,7-8,10,13H2,1-3H3,(H,23,24). The molecule has 28 heavy (non-hydrogen) atoms. The number of rotatable bonds is 5. The molecule has 0 radical (unpaired) electrons. The highest BCUT2D eigenvalue weighted by Gasteiger charge is 2.25. The molecule has 2 atom stereocenters. The van der Waals surface area contributed by atoms with Crippen LogP contribution in [0.4, 0.5) is 8.78 Å². The molecule has 6 nitrogen and oxygen atoms in total. The van der Waals surface area contributed by atoms with Crippen molar-refractivity contribution < 1.29 is 13.5 Å². The van der Waals surface area contributed by atoms with E-state index < -0.39 is 11.6 Å². The molecule has 1 fully saturated rings. The maximum absolute atomic E-state index is 13.5. The Hall–Kier alpha value is -2.48. The molecule has 1 aliphatic rings. The zero-order chi connectivity index (χ0) is 20.1. The van der Waals surface area contributed by atoms with E-state index >= 15 is 0 Å². The van der Waals surface area contributed by atoms with E-state index in [-0.39, 0.29) is 12.0 Å². The number of aromatic nitrogens is 2. The zero-order valence-electron chi connectivity index (χ0n) is 16.5. The van der Waals surface area contributed by atoms with Crippen LogP contribution in [-0.2, 0) is 11.8 Å². The summed E-state index contributed by atoms with van der Waals surface area (Å²) >= 11 is 0. The first-order chi connectivity index (χ1) is 13.5. The average molecular weight is 391 g/mol. The molecule has 1 N–H and O–H groups in total. The molecule has 0 saturated carbocycles. The summed E-state index contributed by atoms with van der Waals surface area (Å²) in [5.74, 6) is -0.886. The van der Waals surface area contributed by atoms with Crippen molar-refractivity contribution in [3.63, 3.8) is 0 Å². The molecule has 2 heterocycles. The van der Waals surface area contributed by atoms with E-state index in [1.807, 2.05) is 33.3 Å². The summed E-state index contributed by atoms with van der Waals surface area (Å²) in [6.45, 7) is 7.21. The molecule has 0 spiro atoms. The first-order valence-electron chi connectivity index (χ1n) is 9.56. The molecule has 3 rings (SSSR count). The number of nitrogens with one attached hydrogen (secondary N) is 1. The molecular weight excluding hydrogens is 364 g/mol. The number of morpholine rings is 1. The van der Waals surface area contributed by atoms with E-state index in [1.54, 1.807) is 10.7 Å². The van der Waals surface area contributed by atoms with E-state index in [2.05, 4.69) is 15.3 Å². The number of aliphatic imine (C=N–C) groups is 1. The Morgan fingerprint density at radius 3 is 2.89 bits per heavy atom. The molecule has 1 saturated heterocycles. The highest BCUT2D eigenvalue weighted by molar-refractivity contribution is 5.80. The van der Waals surface area contributed by atoms with Gasteiger partial charge in [-0.15, -0.1) is 0 Å². The number of nitrogens with zero attached hydrogens (tertiary/aromatic N) is 4. The van der Waals surface area contributed by atoms with Crippen molar-refractivity contribution in [1.82, 2.24) is 20.0 Å². The number of aryl methyl sites for hydroxylation is 1. The first kappa shape index (κ1) is 20.3. The van der Waals surface area contributed by atoms with Crippen LogP contribution in [0.1, 0.15) is 37.0 Å². The van der Waals surface area contributed by atoms with Gasteiger partial charge in [-0.1, -0.05) is 13.0 Å². The average Bonchev–Trinajstić information content (AvgIpc) is 3.13. The van der Waals surface area contributed by atoms with Crippen LogP contribution in [0.2, 0.25) is 0 Å². The van der Waals surface area contributed by atoms with Crippen molar-refractivity contribution in [3.05, 3.63) is 53.4 Å². The molecule has 1 aromatic heterocycles. The van der Waals surface area contributed by atoms with Gasteiger partial charge < -0.3 is 15.0 Å². The van der Waals surface area contributed by atoms with E-state index in [9.17, 15) is 8.78 Å². The topological polar surface area (TPSA) is 54.7 Å². The summed E-state index contributed by atoms with van der Waals surface area (Å²) in [6.07, 6.45) is 3.72. The maximum Gasteiger partial charge on any atom is 0.194 e. The lowest BCUT2D eigenvalue weighted by Gasteiger charge is -2.35. The van der Waals surface area contributed by atoms with Crippen LogP contribution in [0.5, 0.6) is 0 Å². The number of benzene rings is 1. The molecule has 2 aromatic rings.